The zero-order valence-electron chi connectivity index (χ0n) is 13.5. The standard InChI is InChI=1S/C17H17N3O3S/c1-3-14-13(9-18)15(21)20-17(19-14)24-10-11-5-7-12(8-6-11)16(22)23-4-2/h5-8H,3-4,10H2,1-2H3,(H,19,20,21). The summed E-state index contributed by atoms with van der Waals surface area (Å²) in [7, 11) is 0. The first-order valence-electron chi connectivity index (χ1n) is 7.51. The molecule has 0 atom stereocenters. The third-order valence-corrected chi connectivity index (χ3v) is 4.20. The molecule has 0 saturated heterocycles. The van der Waals surface area contributed by atoms with Crippen LogP contribution in [-0.2, 0) is 16.9 Å². The second kappa shape index (κ2) is 8.31. The Kier molecular flexibility index (Phi) is 6.15. The van der Waals surface area contributed by atoms with Gasteiger partial charge in [0.1, 0.15) is 11.6 Å². The van der Waals surface area contributed by atoms with Crippen LogP contribution in [0.1, 0.15) is 41.0 Å². The van der Waals surface area contributed by atoms with Crippen LogP contribution in [0, 0.1) is 11.3 Å². The molecule has 0 radical (unpaired) electrons. The largest absolute Gasteiger partial charge is 0.462 e. The first kappa shape index (κ1) is 17.8. The van der Waals surface area contributed by atoms with Crippen molar-refractivity contribution >= 4 is 17.7 Å². The highest BCUT2D eigenvalue weighted by Gasteiger charge is 2.10. The van der Waals surface area contributed by atoms with Crippen molar-refractivity contribution in [2.75, 3.05) is 6.61 Å². The maximum absolute atomic E-state index is 11.9. The van der Waals surface area contributed by atoms with Gasteiger partial charge in [0.15, 0.2) is 5.16 Å². The van der Waals surface area contributed by atoms with E-state index in [-0.39, 0.29) is 11.5 Å². The Bertz CT molecular complexity index is 822. The summed E-state index contributed by atoms with van der Waals surface area (Å²) < 4.78 is 4.94. The van der Waals surface area contributed by atoms with E-state index in [1.807, 2.05) is 25.1 Å². The molecule has 2 rings (SSSR count). The summed E-state index contributed by atoms with van der Waals surface area (Å²) >= 11 is 1.37. The van der Waals surface area contributed by atoms with E-state index in [0.29, 0.717) is 35.2 Å². The molecule has 1 aromatic carbocycles. The number of carbonyl (C=O) groups is 1. The van der Waals surface area contributed by atoms with Crippen LogP contribution in [0.2, 0.25) is 0 Å². The number of aromatic nitrogens is 2. The maximum Gasteiger partial charge on any atom is 0.338 e. The van der Waals surface area contributed by atoms with E-state index >= 15 is 0 Å². The summed E-state index contributed by atoms with van der Waals surface area (Å²) in [6, 6.07) is 8.97. The second-order valence-corrected chi connectivity index (χ2v) is 5.83. The van der Waals surface area contributed by atoms with Gasteiger partial charge in [-0.15, -0.1) is 0 Å². The minimum absolute atomic E-state index is 0.0700. The second-order valence-electron chi connectivity index (χ2n) is 4.86. The zero-order valence-corrected chi connectivity index (χ0v) is 14.3. The van der Waals surface area contributed by atoms with Crippen molar-refractivity contribution in [2.24, 2.45) is 0 Å². The van der Waals surface area contributed by atoms with Crippen LogP contribution in [0.15, 0.2) is 34.2 Å². The molecule has 0 spiro atoms. The molecule has 0 bridgehead atoms. The number of aryl methyl sites for hydroxylation is 1. The summed E-state index contributed by atoms with van der Waals surface area (Å²) in [6.07, 6.45) is 0.522. The number of nitrogens with one attached hydrogen (secondary N) is 1. The van der Waals surface area contributed by atoms with Crippen LogP contribution in [0.5, 0.6) is 0 Å². The summed E-state index contributed by atoms with van der Waals surface area (Å²) in [5.41, 5.74) is 1.65. The lowest BCUT2D eigenvalue weighted by Gasteiger charge is -2.06. The van der Waals surface area contributed by atoms with E-state index in [0.717, 1.165) is 5.56 Å². The summed E-state index contributed by atoms with van der Waals surface area (Å²) in [6.45, 7) is 3.96. The quantitative estimate of drug-likeness (QED) is 0.492. The van der Waals surface area contributed by atoms with Crippen LogP contribution in [0.4, 0.5) is 0 Å². The monoisotopic (exact) mass is 343 g/mol. The van der Waals surface area contributed by atoms with Crippen LogP contribution in [-0.4, -0.2) is 22.5 Å². The highest BCUT2D eigenvalue weighted by molar-refractivity contribution is 7.98. The number of aromatic amines is 1. The third-order valence-electron chi connectivity index (χ3n) is 3.26. The van der Waals surface area contributed by atoms with E-state index in [4.69, 9.17) is 10.00 Å². The number of esters is 1. The molecule has 24 heavy (non-hydrogen) atoms. The van der Waals surface area contributed by atoms with Crippen molar-refractivity contribution in [1.82, 2.24) is 9.97 Å². The van der Waals surface area contributed by atoms with Gasteiger partial charge < -0.3 is 9.72 Å². The number of nitriles is 1. The molecule has 124 valence electrons. The van der Waals surface area contributed by atoms with Gasteiger partial charge in [-0.25, -0.2) is 9.78 Å². The van der Waals surface area contributed by atoms with Gasteiger partial charge in [-0.2, -0.15) is 5.26 Å². The van der Waals surface area contributed by atoms with Gasteiger partial charge in [-0.1, -0.05) is 30.8 Å². The first-order chi connectivity index (χ1) is 11.6. The molecule has 0 unspecified atom stereocenters. The molecule has 1 aromatic heterocycles. The summed E-state index contributed by atoms with van der Waals surface area (Å²) in [4.78, 5) is 30.4. The van der Waals surface area contributed by atoms with E-state index < -0.39 is 5.56 Å². The Hall–Kier alpha value is -2.59. The Morgan fingerprint density at radius 2 is 2.04 bits per heavy atom. The third kappa shape index (κ3) is 4.24. The van der Waals surface area contributed by atoms with Crippen molar-refractivity contribution in [3.8, 4) is 6.07 Å². The molecule has 0 aliphatic heterocycles. The van der Waals surface area contributed by atoms with Crippen molar-refractivity contribution in [3.05, 3.63) is 57.0 Å². The predicted molar refractivity (Wildman–Crippen MR) is 90.9 cm³/mol. The number of hydrogen-bond donors (Lipinski definition) is 1. The maximum atomic E-state index is 11.9. The molecule has 0 fully saturated rings. The van der Waals surface area contributed by atoms with Crippen LogP contribution < -0.4 is 5.56 Å². The van der Waals surface area contributed by atoms with Crippen LogP contribution in [0.3, 0.4) is 0 Å². The van der Waals surface area contributed by atoms with Gasteiger partial charge in [-0.3, -0.25) is 4.79 Å². The Morgan fingerprint density at radius 1 is 1.33 bits per heavy atom. The lowest BCUT2D eigenvalue weighted by molar-refractivity contribution is 0.0526. The lowest BCUT2D eigenvalue weighted by atomic mass is 10.1. The van der Waals surface area contributed by atoms with E-state index in [9.17, 15) is 9.59 Å². The van der Waals surface area contributed by atoms with Crippen molar-refractivity contribution < 1.29 is 9.53 Å². The molecule has 2 aromatic rings. The Balaban J connectivity index is 2.09. The van der Waals surface area contributed by atoms with Crippen molar-refractivity contribution in [3.63, 3.8) is 0 Å². The number of carbonyl (C=O) groups excluding carboxylic acids is 1. The molecule has 1 heterocycles. The molecular weight excluding hydrogens is 326 g/mol. The van der Waals surface area contributed by atoms with Gasteiger partial charge in [0.05, 0.1) is 17.9 Å². The van der Waals surface area contributed by atoms with E-state index in [1.54, 1.807) is 19.1 Å². The number of H-pyrrole nitrogens is 1. The van der Waals surface area contributed by atoms with Gasteiger partial charge in [-0.05, 0) is 31.0 Å². The van der Waals surface area contributed by atoms with Gasteiger partial charge in [0.25, 0.3) is 5.56 Å². The topological polar surface area (TPSA) is 95.8 Å². The molecule has 6 nitrogen and oxygen atoms in total. The number of hydrogen-bond acceptors (Lipinski definition) is 6. The molecule has 0 saturated carbocycles. The summed E-state index contributed by atoms with van der Waals surface area (Å²) in [5, 5.41) is 9.46. The van der Waals surface area contributed by atoms with Crippen molar-refractivity contribution in [1.29, 1.82) is 5.26 Å². The SMILES string of the molecule is CCOC(=O)c1ccc(CSc2nc(CC)c(C#N)c(=O)[nH]2)cc1. The molecular formula is C17H17N3O3S. The average Bonchev–Trinajstić information content (AvgIpc) is 2.60. The number of ether oxygens (including phenoxy) is 1. The molecule has 0 amide bonds. The fourth-order valence-corrected chi connectivity index (χ4v) is 2.88. The van der Waals surface area contributed by atoms with Crippen molar-refractivity contribution in [2.45, 2.75) is 31.2 Å². The van der Waals surface area contributed by atoms with Crippen LogP contribution in [0.25, 0.3) is 0 Å². The fraction of sp³-hybridized carbons (Fsp3) is 0.294. The zero-order chi connectivity index (χ0) is 17.5. The summed E-state index contributed by atoms with van der Waals surface area (Å²) in [5.74, 6) is 0.239. The highest BCUT2D eigenvalue weighted by Crippen LogP contribution is 2.19. The lowest BCUT2D eigenvalue weighted by Crippen LogP contribution is -2.16. The molecule has 1 N–H and O–H groups in total. The number of thioether (sulfide) groups is 1. The number of rotatable bonds is 6. The smallest absolute Gasteiger partial charge is 0.338 e. The minimum Gasteiger partial charge on any atom is -0.462 e. The van der Waals surface area contributed by atoms with Gasteiger partial charge in [0.2, 0.25) is 0 Å². The van der Waals surface area contributed by atoms with Gasteiger partial charge in [0, 0.05) is 5.75 Å². The average molecular weight is 343 g/mol. The predicted octanol–water partition coefficient (Wildman–Crippen LogP) is 2.67. The first-order valence-corrected chi connectivity index (χ1v) is 8.49. The van der Waals surface area contributed by atoms with E-state index in [1.165, 1.54) is 11.8 Å². The van der Waals surface area contributed by atoms with Gasteiger partial charge >= 0.3 is 5.97 Å². The fourth-order valence-electron chi connectivity index (χ4n) is 2.04. The number of nitrogens with zero attached hydrogens (tertiary/aromatic N) is 2. The van der Waals surface area contributed by atoms with Crippen LogP contribution >= 0.6 is 11.8 Å². The molecule has 0 aliphatic carbocycles. The highest BCUT2D eigenvalue weighted by atomic mass is 32.2. The normalized spacial score (nSPS) is 10.2. The minimum atomic E-state index is -0.412. The molecule has 7 heteroatoms. The number of benzene rings is 1. The Labute approximate surface area is 143 Å². The van der Waals surface area contributed by atoms with E-state index in [2.05, 4.69) is 9.97 Å². The Morgan fingerprint density at radius 3 is 2.62 bits per heavy atom. The molecule has 0 aliphatic rings.